The third-order valence-corrected chi connectivity index (χ3v) is 7.33. The zero-order valence-corrected chi connectivity index (χ0v) is 21.0. The van der Waals surface area contributed by atoms with E-state index in [0.29, 0.717) is 21.4 Å². The Morgan fingerprint density at radius 3 is 2.43 bits per heavy atom. The topological polar surface area (TPSA) is 111 Å². The maximum absolute atomic E-state index is 13.5. The van der Waals surface area contributed by atoms with Crippen molar-refractivity contribution in [3.63, 3.8) is 0 Å². The number of hydrogen-bond acceptors (Lipinski definition) is 7. The van der Waals surface area contributed by atoms with Gasteiger partial charge in [-0.3, -0.25) is 9.20 Å². The van der Waals surface area contributed by atoms with Crippen molar-refractivity contribution in [1.82, 2.24) is 9.38 Å². The second kappa shape index (κ2) is 9.74. The summed E-state index contributed by atoms with van der Waals surface area (Å²) in [5.41, 5.74) is 0.236. The van der Waals surface area contributed by atoms with Crippen LogP contribution in [-0.4, -0.2) is 24.9 Å². The normalized spacial score (nSPS) is 11.8. The molecule has 0 aliphatic carbocycles. The van der Waals surface area contributed by atoms with Gasteiger partial charge in [-0.25, -0.2) is 8.42 Å². The number of pyridine rings is 1. The lowest BCUT2D eigenvalue weighted by Gasteiger charge is -2.13. The molecule has 0 saturated carbocycles. The number of ether oxygens (including phenoxy) is 2. The Kier molecular flexibility index (Phi) is 6.73. The molecule has 0 aliphatic rings. The second-order valence-electron chi connectivity index (χ2n) is 7.35. The first kappa shape index (κ1) is 24.2. The number of fused-ring (bicyclic) bond motifs is 1. The number of para-hydroxylation sites is 2. The number of halogens is 1. The Morgan fingerprint density at radius 1 is 1.09 bits per heavy atom. The molecular formula is C25H18BrN3O5S. The zero-order chi connectivity index (χ0) is 25.2. The van der Waals surface area contributed by atoms with Crippen molar-refractivity contribution in [2.45, 2.75) is 11.8 Å². The highest BCUT2D eigenvalue weighted by Crippen LogP contribution is 2.33. The largest absolute Gasteiger partial charge is 0.493 e. The molecule has 35 heavy (non-hydrogen) atoms. The van der Waals surface area contributed by atoms with Gasteiger partial charge in [-0.05, 0) is 61.0 Å². The minimum atomic E-state index is -4.22. The Labute approximate surface area is 209 Å². The van der Waals surface area contributed by atoms with E-state index in [1.54, 1.807) is 61.5 Å². The van der Waals surface area contributed by atoms with Gasteiger partial charge in [-0.15, -0.1) is 0 Å². The van der Waals surface area contributed by atoms with Gasteiger partial charge in [0.2, 0.25) is 15.7 Å². The van der Waals surface area contributed by atoms with Crippen LogP contribution in [0.1, 0.15) is 11.1 Å². The third kappa shape index (κ3) is 4.69. The summed E-state index contributed by atoms with van der Waals surface area (Å²) in [6.07, 6.45) is 2.50. The molecule has 0 radical (unpaired) electrons. The third-order valence-electron chi connectivity index (χ3n) is 5.12. The average Bonchev–Trinajstić information content (AvgIpc) is 2.85. The molecule has 2 aromatic heterocycles. The fourth-order valence-corrected chi connectivity index (χ4v) is 4.75. The van der Waals surface area contributed by atoms with Gasteiger partial charge in [0.15, 0.2) is 11.5 Å². The molecule has 0 N–H and O–H groups in total. The zero-order valence-electron chi connectivity index (χ0n) is 18.6. The number of aryl methyl sites for hydroxylation is 1. The molecule has 0 bridgehead atoms. The summed E-state index contributed by atoms with van der Waals surface area (Å²) in [6, 6.07) is 17.7. The number of allylic oxidation sites excluding steroid dienone is 1. The van der Waals surface area contributed by atoms with Crippen molar-refractivity contribution >= 4 is 37.5 Å². The van der Waals surface area contributed by atoms with E-state index in [-0.39, 0.29) is 22.1 Å². The SMILES string of the molecule is COc1ccccc1Oc1nc2c(C)cccn2c(=O)c1/C=C(\C#N)S(=O)(=O)c1ccc(Br)cc1. The molecule has 2 aromatic carbocycles. The second-order valence-corrected chi connectivity index (χ2v) is 10.2. The number of rotatable bonds is 6. The van der Waals surface area contributed by atoms with Crippen LogP contribution in [0.4, 0.5) is 0 Å². The molecule has 176 valence electrons. The molecule has 4 rings (SSSR count). The lowest BCUT2D eigenvalue weighted by atomic mass is 10.2. The summed E-state index contributed by atoms with van der Waals surface area (Å²) in [4.78, 5) is 17.2. The van der Waals surface area contributed by atoms with Gasteiger partial charge in [0.25, 0.3) is 5.56 Å². The summed E-state index contributed by atoms with van der Waals surface area (Å²) in [7, 11) is -2.76. The van der Waals surface area contributed by atoms with Crippen LogP contribution in [-0.2, 0) is 9.84 Å². The van der Waals surface area contributed by atoms with E-state index in [9.17, 15) is 18.5 Å². The molecule has 0 atom stereocenters. The molecule has 0 spiro atoms. The van der Waals surface area contributed by atoms with Gasteiger partial charge in [0.05, 0.1) is 12.0 Å². The van der Waals surface area contributed by atoms with Crippen LogP contribution in [0.3, 0.4) is 0 Å². The molecule has 4 aromatic rings. The molecular weight excluding hydrogens is 534 g/mol. The van der Waals surface area contributed by atoms with E-state index in [1.165, 1.54) is 29.8 Å². The van der Waals surface area contributed by atoms with Crippen molar-refractivity contribution in [3.8, 4) is 23.4 Å². The van der Waals surface area contributed by atoms with E-state index >= 15 is 0 Å². The predicted molar refractivity (Wildman–Crippen MR) is 134 cm³/mol. The van der Waals surface area contributed by atoms with Gasteiger partial charge in [0.1, 0.15) is 22.2 Å². The van der Waals surface area contributed by atoms with Crippen molar-refractivity contribution < 1.29 is 17.9 Å². The maximum atomic E-state index is 13.5. The van der Waals surface area contributed by atoms with Gasteiger partial charge in [-0.2, -0.15) is 10.2 Å². The van der Waals surface area contributed by atoms with Crippen LogP contribution < -0.4 is 15.0 Å². The average molecular weight is 552 g/mol. The van der Waals surface area contributed by atoms with Crippen molar-refractivity contribution in [2.75, 3.05) is 7.11 Å². The first-order valence-corrected chi connectivity index (χ1v) is 12.5. The van der Waals surface area contributed by atoms with E-state index in [4.69, 9.17) is 9.47 Å². The molecule has 0 fully saturated rings. The Balaban J connectivity index is 1.98. The van der Waals surface area contributed by atoms with Crippen molar-refractivity contribution in [2.24, 2.45) is 0 Å². The molecule has 0 amide bonds. The van der Waals surface area contributed by atoms with Crippen LogP contribution in [0.5, 0.6) is 17.4 Å². The molecule has 0 saturated heterocycles. The number of hydrogen-bond donors (Lipinski definition) is 0. The number of sulfone groups is 1. The fraction of sp³-hybridized carbons (Fsp3) is 0.0800. The lowest BCUT2D eigenvalue weighted by Crippen LogP contribution is -2.20. The van der Waals surface area contributed by atoms with Crippen molar-refractivity contribution in [1.29, 1.82) is 5.26 Å². The molecule has 2 heterocycles. The van der Waals surface area contributed by atoms with Gasteiger partial charge in [-0.1, -0.05) is 34.1 Å². The highest BCUT2D eigenvalue weighted by molar-refractivity contribution is 9.10. The molecule has 0 aliphatic heterocycles. The maximum Gasteiger partial charge on any atom is 0.269 e. The van der Waals surface area contributed by atoms with Crippen LogP contribution in [0.25, 0.3) is 11.7 Å². The number of nitriles is 1. The standard InChI is InChI=1S/C25H18BrN3O5S/c1-16-6-5-13-29-23(16)28-24(34-22-8-4-3-7-21(22)33-2)20(25(29)30)14-19(15-27)35(31,32)18-11-9-17(26)10-12-18/h3-14H,1-2H3/b19-14+. The lowest BCUT2D eigenvalue weighted by molar-refractivity contribution is 0.373. The Morgan fingerprint density at radius 2 is 1.77 bits per heavy atom. The molecule has 0 unspecified atom stereocenters. The first-order valence-electron chi connectivity index (χ1n) is 10.2. The van der Waals surface area contributed by atoms with Gasteiger partial charge < -0.3 is 9.47 Å². The number of methoxy groups -OCH3 is 1. The highest BCUT2D eigenvalue weighted by atomic mass is 79.9. The monoisotopic (exact) mass is 551 g/mol. The van der Waals surface area contributed by atoms with Crippen LogP contribution >= 0.6 is 15.9 Å². The fourth-order valence-electron chi connectivity index (χ4n) is 3.34. The Hall–Kier alpha value is -3.94. The summed E-state index contributed by atoms with van der Waals surface area (Å²) < 4.78 is 39.6. The van der Waals surface area contributed by atoms with E-state index in [2.05, 4.69) is 20.9 Å². The first-order chi connectivity index (χ1) is 16.8. The minimum Gasteiger partial charge on any atom is -0.493 e. The Bertz CT molecular complexity index is 1670. The number of benzene rings is 2. The summed E-state index contributed by atoms with van der Waals surface area (Å²) >= 11 is 3.26. The van der Waals surface area contributed by atoms with E-state index in [0.717, 1.165) is 6.08 Å². The summed E-state index contributed by atoms with van der Waals surface area (Å²) in [5.74, 6) is 0.494. The van der Waals surface area contributed by atoms with Crippen molar-refractivity contribution in [3.05, 3.63) is 97.7 Å². The van der Waals surface area contributed by atoms with Crippen LogP contribution in [0.15, 0.2) is 85.9 Å². The summed E-state index contributed by atoms with van der Waals surface area (Å²) in [5, 5.41) is 9.75. The predicted octanol–water partition coefficient (Wildman–Crippen LogP) is 4.90. The minimum absolute atomic E-state index is 0.0922. The van der Waals surface area contributed by atoms with E-state index in [1.807, 2.05) is 0 Å². The van der Waals surface area contributed by atoms with Gasteiger partial charge >= 0.3 is 0 Å². The van der Waals surface area contributed by atoms with Crippen LogP contribution in [0, 0.1) is 18.3 Å². The summed E-state index contributed by atoms with van der Waals surface area (Å²) in [6.45, 7) is 1.78. The quantitative estimate of drug-likeness (QED) is 0.313. The highest BCUT2D eigenvalue weighted by Gasteiger charge is 2.24. The smallest absolute Gasteiger partial charge is 0.269 e. The number of aromatic nitrogens is 2. The van der Waals surface area contributed by atoms with E-state index < -0.39 is 20.3 Å². The van der Waals surface area contributed by atoms with Crippen LogP contribution in [0.2, 0.25) is 0 Å². The number of nitrogens with zero attached hydrogens (tertiary/aromatic N) is 3. The molecule has 8 nitrogen and oxygen atoms in total. The molecule has 10 heteroatoms. The van der Waals surface area contributed by atoms with Gasteiger partial charge in [0, 0.05) is 10.7 Å².